The molecule has 6 heteroatoms. The van der Waals surface area contributed by atoms with Gasteiger partial charge in [0.25, 0.3) is 0 Å². The van der Waals surface area contributed by atoms with Crippen LogP contribution in [0, 0.1) is 0 Å². The lowest BCUT2D eigenvalue weighted by Gasteiger charge is -2.08. The SMILES string of the molecule is CCOC(=O)CCCCCNc1ncnc2ccc(Cl)cc12. The average molecular weight is 322 g/mol. The molecule has 1 aromatic heterocycles. The Morgan fingerprint density at radius 2 is 2.14 bits per heavy atom. The van der Waals surface area contributed by atoms with E-state index in [1.54, 1.807) is 6.33 Å². The summed E-state index contributed by atoms with van der Waals surface area (Å²) in [6.07, 6.45) is 4.80. The number of hydrogen-bond donors (Lipinski definition) is 1. The number of esters is 1. The maximum absolute atomic E-state index is 11.2. The Morgan fingerprint density at radius 1 is 1.27 bits per heavy atom. The topological polar surface area (TPSA) is 64.1 Å². The molecule has 0 aliphatic carbocycles. The number of ether oxygens (including phenoxy) is 1. The summed E-state index contributed by atoms with van der Waals surface area (Å²) >= 11 is 6.02. The van der Waals surface area contributed by atoms with Crippen LogP contribution >= 0.6 is 11.6 Å². The van der Waals surface area contributed by atoms with Crippen molar-refractivity contribution in [3.05, 3.63) is 29.5 Å². The largest absolute Gasteiger partial charge is 0.466 e. The quantitative estimate of drug-likeness (QED) is 0.591. The van der Waals surface area contributed by atoms with E-state index in [4.69, 9.17) is 16.3 Å². The van der Waals surface area contributed by atoms with Crippen LogP contribution < -0.4 is 5.32 Å². The van der Waals surface area contributed by atoms with E-state index in [9.17, 15) is 4.79 Å². The van der Waals surface area contributed by atoms with Crippen LogP contribution in [0.5, 0.6) is 0 Å². The van der Waals surface area contributed by atoms with Crippen molar-refractivity contribution in [2.45, 2.75) is 32.6 Å². The van der Waals surface area contributed by atoms with Gasteiger partial charge in [0, 0.05) is 23.4 Å². The van der Waals surface area contributed by atoms with E-state index < -0.39 is 0 Å². The second kappa shape index (κ2) is 8.54. The number of halogens is 1. The minimum Gasteiger partial charge on any atom is -0.466 e. The maximum Gasteiger partial charge on any atom is 0.305 e. The molecule has 0 atom stereocenters. The highest BCUT2D eigenvalue weighted by Crippen LogP contribution is 2.22. The van der Waals surface area contributed by atoms with Gasteiger partial charge >= 0.3 is 5.97 Å². The normalized spacial score (nSPS) is 10.6. The molecule has 0 bridgehead atoms. The van der Waals surface area contributed by atoms with Crippen molar-refractivity contribution in [2.24, 2.45) is 0 Å². The van der Waals surface area contributed by atoms with Crippen molar-refractivity contribution in [3.63, 3.8) is 0 Å². The lowest BCUT2D eigenvalue weighted by molar-refractivity contribution is -0.143. The predicted octanol–water partition coefficient (Wildman–Crippen LogP) is 3.82. The number of benzene rings is 1. The van der Waals surface area contributed by atoms with E-state index in [1.807, 2.05) is 25.1 Å². The molecule has 0 amide bonds. The molecule has 0 aliphatic heterocycles. The summed E-state index contributed by atoms with van der Waals surface area (Å²) in [6, 6.07) is 5.56. The van der Waals surface area contributed by atoms with Gasteiger partial charge in [-0.25, -0.2) is 9.97 Å². The molecule has 5 nitrogen and oxygen atoms in total. The van der Waals surface area contributed by atoms with Gasteiger partial charge in [-0.05, 0) is 38.0 Å². The molecule has 2 aromatic rings. The fraction of sp³-hybridized carbons (Fsp3) is 0.438. The summed E-state index contributed by atoms with van der Waals surface area (Å²) in [5.41, 5.74) is 0.865. The number of carbonyl (C=O) groups is 1. The Bertz CT molecular complexity index is 634. The van der Waals surface area contributed by atoms with Crippen molar-refractivity contribution in [2.75, 3.05) is 18.5 Å². The first-order valence-electron chi connectivity index (χ1n) is 7.50. The predicted molar refractivity (Wildman–Crippen MR) is 88.1 cm³/mol. The highest BCUT2D eigenvalue weighted by atomic mass is 35.5. The summed E-state index contributed by atoms with van der Waals surface area (Å²) in [4.78, 5) is 19.7. The highest BCUT2D eigenvalue weighted by molar-refractivity contribution is 6.31. The first kappa shape index (κ1) is 16.5. The summed E-state index contributed by atoms with van der Waals surface area (Å²) in [5.74, 6) is 0.671. The average Bonchev–Trinajstić information content (AvgIpc) is 2.51. The fourth-order valence-corrected chi connectivity index (χ4v) is 2.35. The Labute approximate surface area is 135 Å². The molecule has 0 saturated heterocycles. The van der Waals surface area contributed by atoms with Crippen LogP contribution in [0.3, 0.4) is 0 Å². The molecule has 118 valence electrons. The highest BCUT2D eigenvalue weighted by Gasteiger charge is 2.04. The zero-order valence-electron chi connectivity index (χ0n) is 12.6. The monoisotopic (exact) mass is 321 g/mol. The van der Waals surface area contributed by atoms with Crippen molar-refractivity contribution in [1.82, 2.24) is 9.97 Å². The second-order valence-electron chi connectivity index (χ2n) is 4.93. The number of aromatic nitrogens is 2. The molecule has 22 heavy (non-hydrogen) atoms. The third-order valence-electron chi connectivity index (χ3n) is 3.25. The van der Waals surface area contributed by atoms with Crippen LogP contribution in [0.25, 0.3) is 10.9 Å². The van der Waals surface area contributed by atoms with E-state index in [1.165, 1.54) is 0 Å². The second-order valence-corrected chi connectivity index (χ2v) is 5.36. The minimum atomic E-state index is -0.119. The standard InChI is InChI=1S/C16H20ClN3O2/c1-2-22-15(21)6-4-3-5-9-18-16-13-10-12(17)7-8-14(13)19-11-20-16/h7-8,10-11H,2-6,9H2,1H3,(H,18,19,20). The van der Waals surface area contributed by atoms with E-state index in [0.717, 1.165) is 42.5 Å². The molecule has 0 spiro atoms. The molecule has 1 aromatic carbocycles. The molecule has 0 saturated carbocycles. The summed E-state index contributed by atoms with van der Waals surface area (Å²) in [6.45, 7) is 3.06. The van der Waals surface area contributed by atoms with Crippen LogP contribution in [-0.2, 0) is 9.53 Å². The first-order chi connectivity index (χ1) is 10.7. The number of rotatable bonds is 8. The summed E-state index contributed by atoms with van der Waals surface area (Å²) in [7, 11) is 0. The minimum absolute atomic E-state index is 0.119. The zero-order chi connectivity index (χ0) is 15.8. The fourth-order valence-electron chi connectivity index (χ4n) is 2.18. The Kier molecular flexibility index (Phi) is 6.40. The van der Waals surface area contributed by atoms with Crippen LogP contribution in [-0.4, -0.2) is 29.1 Å². The molecule has 1 heterocycles. The van der Waals surface area contributed by atoms with Gasteiger partial charge in [0.1, 0.15) is 12.1 Å². The van der Waals surface area contributed by atoms with Gasteiger partial charge in [-0.2, -0.15) is 0 Å². The smallest absolute Gasteiger partial charge is 0.305 e. The van der Waals surface area contributed by atoms with Crippen LogP contribution in [0.1, 0.15) is 32.6 Å². The molecule has 0 unspecified atom stereocenters. The Morgan fingerprint density at radius 3 is 2.95 bits per heavy atom. The van der Waals surface area contributed by atoms with Gasteiger partial charge in [0.05, 0.1) is 12.1 Å². The molecular formula is C16H20ClN3O2. The van der Waals surface area contributed by atoms with Crippen LogP contribution in [0.15, 0.2) is 24.5 Å². The number of anilines is 1. The Hall–Kier alpha value is -1.88. The number of carbonyl (C=O) groups excluding carboxylic acids is 1. The molecule has 1 N–H and O–H groups in total. The zero-order valence-corrected chi connectivity index (χ0v) is 13.4. The lowest BCUT2D eigenvalue weighted by atomic mass is 10.2. The van der Waals surface area contributed by atoms with Gasteiger partial charge in [-0.3, -0.25) is 4.79 Å². The third-order valence-corrected chi connectivity index (χ3v) is 3.49. The molecular weight excluding hydrogens is 302 g/mol. The van der Waals surface area contributed by atoms with Crippen molar-refractivity contribution in [3.8, 4) is 0 Å². The lowest BCUT2D eigenvalue weighted by Crippen LogP contribution is -2.06. The van der Waals surface area contributed by atoms with Crippen molar-refractivity contribution < 1.29 is 9.53 Å². The summed E-state index contributed by atoms with van der Waals surface area (Å²) < 4.78 is 4.89. The number of nitrogens with zero attached hydrogens (tertiary/aromatic N) is 2. The van der Waals surface area contributed by atoms with Gasteiger partial charge in [0.15, 0.2) is 0 Å². The first-order valence-corrected chi connectivity index (χ1v) is 7.88. The summed E-state index contributed by atoms with van der Waals surface area (Å²) in [5, 5.41) is 4.89. The van der Waals surface area contributed by atoms with Crippen LogP contribution in [0.2, 0.25) is 5.02 Å². The van der Waals surface area contributed by atoms with Crippen molar-refractivity contribution in [1.29, 1.82) is 0 Å². The van der Waals surface area contributed by atoms with E-state index >= 15 is 0 Å². The van der Waals surface area contributed by atoms with Crippen LogP contribution in [0.4, 0.5) is 5.82 Å². The Balaban J connectivity index is 1.78. The molecule has 0 radical (unpaired) electrons. The van der Waals surface area contributed by atoms with Gasteiger partial charge in [0.2, 0.25) is 0 Å². The number of nitrogens with one attached hydrogen (secondary N) is 1. The molecule has 0 aliphatic rings. The van der Waals surface area contributed by atoms with Gasteiger partial charge in [-0.15, -0.1) is 0 Å². The van der Waals surface area contributed by atoms with Gasteiger partial charge in [-0.1, -0.05) is 18.0 Å². The molecule has 2 rings (SSSR count). The molecule has 0 fully saturated rings. The number of hydrogen-bond acceptors (Lipinski definition) is 5. The van der Waals surface area contributed by atoms with E-state index in [0.29, 0.717) is 18.1 Å². The van der Waals surface area contributed by atoms with Crippen molar-refractivity contribution >= 4 is 34.3 Å². The number of unbranched alkanes of at least 4 members (excludes halogenated alkanes) is 2. The maximum atomic E-state index is 11.2. The van der Waals surface area contributed by atoms with E-state index in [2.05, 4.69) is 15.3 Å². The third kappa shape index (κ3) is 4.84. The number of fused-ring (bicyclic) bond motifs is 1. The van der Waals surface area contributed by atoms with E-state index in [-0.39, 0.29) is 5.97 Å². The van der Waals surface area contributed by atoms with Gasteiger partial charge < -0.3 is 10.1 Å².